The normalized spacial score (nSPS) is 20.0. The van der Waals surface area contributed by atoms with Crippen LogP contribution in [0.5, 0.6) is 0 Å². The van der Waals surface area contributed by atoms with E-state index in [0.717, 1.165) is 24.3 Å². The highest BCUT2D eigenvalue weighted by Crippen LogP contribution is 2.14. The first-order valence-electron chi connectivity index (χ1n) is 7.55. The predicted molar refractivity (Wildman–Crippen MR) is 80.9 cm³/mol. The molecule has 1 N–H and O–H groups in total. The summed E-state index contributed by atoms with van der Waals surface area (Å²) in [5.41, 5.74) is 2.06. The summed E-state index contributed by atoms with van der Waals surface area (Å²) in [6, 6.07) is 0.498. The molecule has 2 rings (SSSR count). The zero-order valence-electron chi connectivity index (χ0n) is 13.4. The molecule has 0 radical (unpaired) electrons. The molecule has 0 spiro atoms. The number of carbonyl (C=O) groups is 1. The number of aryl methyl sites for hydroxylation is 1. The molecule has 2 heterocycles. The topological polar surface area (TPSA) is 61.5 Å². The monoisotopic (exact) mass is 294 g/mol. The van der Waals surface area contributed by atoms with Gasteiger partial charge in [-0.1, -0.05) is 0 Å². The molecule has 0 aromatic carbocycles. The molecule has 0 aliphatic carbocycles. The van der Waals surface area contributed by atoms with Gasteiger partial charge in [0.2, 0.25) is 5.91 Å². The highest BCUT2D eigenvalue weighted by atomic mass is 16.5. The number of morpholine rings is 1. The van der Waals surface area contributed by atoms with E-state index in [1.807, 2.05) is 14.0 Å². The van der Waals surface area contributed by atoms with Gasteiger partial charge in [0.25, 0.3) is 0 Å². The maximum absolute atomic E-state index is 12.3. The number of amides is 1. The van der Waals surface area contributed by atoms with Crippen molar-refractivity contribution in [2.24, 2.45) is 0 Å². The smallest absolute Gasteiger partial charge is 0.225 e. The lowest BCUT2D eigenvalue weighted by Crippen LogP contribution is -2.47. The average molecular weight is 294 g/mol. The summed E-state index contributed by atoms with van der Waals surface area (Å²) in [7, 11) is 1.83. The van der Waals surface area contributed by atoms with Crippen LogP contribution in [0.25, 0.3) is 0 Å². The number of rotatable bonds is 5. The van der Waals surface area contributed by atoms with Gasteiger partial charge in [-0.2, -0.15) is 5.10 Å². The molecule has 1 fully saturated rings. The highest BCUT2D eigenvalue weighted by molar-refractivity contribution is 5.76. The molecule has 1 aliphatic rings. The molecule has 21 heavy (non-hydrogen) atoms. The molecule has 6 heteroatoms. The summed E-state index contributed by atoms with van der Waals surface area (Å²) in [5.74, 6) is 0.117. The minimum absolute atomic E-state index is 0.00143. The second kappa shape index (κ2) is 7.04. The van der Waals surface area contributed by atoms with Crippen molar-refractivity contribution in [3.8, 4) is 0 Å². The molecule has 1 aromatic heterocycles. The maximum Gasteiger partial charge on any atom is 0.225 e. The summed E-state index contributed by atoms with van der Waals surface area (Å²) < 4.78 is 5.73. The van der Waals surface area contributed by atoms with Crippen molar-refractivity contribution in [3.05, 3.63) is 17.5 Å². The Morgan fingerprint density at radius 3 is 3.00 bits per heavy atom. The number of carbonyl (C=O) groups excluding carboxylic acids is 1. The van der Waals surface area contributed by atoms with Crippen LogP contribution < -0.4 is 0 Å². The van der Waals surface area contributed by atoms with Gasteiger partial charge in [0.1, 0.15) is 0 Å². The first kappa shape index (κ1) is 16.0. The van der Waals surface area contributed by atoms with E-state index in [4.69, 9.17) is 4.74 Å². The van der Waals surface area contributed by atoms with Crippen molar-refractivity contribution in [3.63, 3.8) is 0 Å². The predicted octanol–water partition coefficient (Wildman–Crippen LogP) is 1.18. The van der Waals surface area contributed by atoms with Gasteiger partial charge >= 0.3 is 0 Å². The first-order chi connectivity index (χ1) is 9.97. The Hall–Kier alpha value is -1.40. The van der Waals surface area contributed by atoms with Gasteiger partial charge < -0.3 is 9.64 Å². The van der Waals surface area contributed by atoms with Crippen LogP contribution in [0, 0.1) is 6.92 Å². The standard InChI is InChI=1S/C15H26N4O2/c1-11(2)19-5-6-21-14(10-19)7-15(20)18(4)9-13-8-16-17-12(13)3/h8,11,14H,5-7,9-10H2,1-4H3,(H,16,17)/t14-/m0/s1. The summed E-state index contributed by atoms with van der Waals surface area (Å²) >= 11 is 0. The van der Waals surface area contributed by atoms with Gasteiger partial charge in [-0.25, -0.2) is 0 Å². The van der Waals surface area contributed by atoms with Crippen LogP contribution in [0.3, 0.4) is 0 Å². The number of aromatic amines is 1. The number of hydrogen-bond acceptors (Lipinski definition) is 4. The van der Waals surface area contributed by atoms with E-state index in [2.05, 4.69) is 28.9 Å². The lowest BCUT2D eigenvalue weighted by Gasteiger charge is -2.35. The molecule has 118 valence electrons. The van der Waals surface area contributed by atoms with Crippen LogP contribution in [0.15, 0.2) is 6.20 Å². The second-order valence-corrected chi connectivity index (χ2v) is 6.06. The first-order valence-corrected chi connectivity index (χ1v) is 7.55. The summed E-state index contributed by atoms with van der Waals surface area (Å²) in [6.07, 6.45) is 2.22. The molecular formula is C15H26N4O2. The third kappa shape index (κ3) is 4.28. The lowest BCUT2D eigenvalue weighted by atomic mass is 10.1. The quantitative estimate of drug-likeness (QED) is 0.886. The van der Waals surface area contributed by atoms with Gasteiger partial charge in [-0.05, 0) is 20.8 Å². The fourth-order valence-corrected chi connectivity index (χ4v) is 2.56. The van der Waals surface area contributed by atoms with E-state index in [1.165, 1.54) is 0 Å². The summed E-state index contributed by atoms with van der Waals surface area (Å²) in [5, 5.41) is 6.88. The fourth-order valence-electron chi connectivity index (χ4n) is 2.56. The van der Waals surface area contributed by atoms with Gasteiger partial charge in [-0.15, -0.1) is 0 Å². The van der Waals surface area contributed by atoms with Crippen molar-refractivity contribution in [1.82, 2.24) is 20.0 Å². The van der Waals surface area contributed by atoms with Gasteiger partial charge in [-0.3, -0.25) is 14.8 Å². The Morgan fingerprint density at radius 1 is 1.62 bits per heavy atom. The van der Waals surface area contributed by atoms with Gasteiger partial charge in [0.15, 0.2) is 0 Å². The maximum atomic E-state index is 12.3. The van der Waals surface area contributed by atoms with E-state index in [1.54, 1.807) is 11.1 Å². The highest BCUT2D eigenvalue weighted by Gasteiger charge is 2.25. The largest absolute Gasteiger partial charge is 0.375 e. The molecule has 0 bridgehead atoms. The lowest BCUT2D eigenvalue weighted by molar-refractivity contribution is -0.135. The SMILES string of the molecule is Cc1[nH]ncc1CN(C)C(=O)C[C@H]1CN(C(C)C)CCO1. The number of H-pyrrole nitrogens is 1. The zero-order chi connectivity index (χ0) is 15.4. The molecule has 0 saturated carbocycles. The average Bonchev–Trinajstić information content (AvgIpc) is 2.84. The number of aromatic nitrogens is 2. The molecular weight excluding hydrogens is 268 g/mol. The van der Waals surface area contributed by atoms with E-state index < -0.39 is 0 Å². The van der Waals surface area contributed by atoms with Crippen LogP contribution in [0.1, 0.15) is 31.5 Å². The molecule has 6 nitrogen and oxygen atoms in total. The van der Waals surface area contributed by atoms with Crippen molar-refractivity contribution in [2.45, 2.75) is 45.9 Å². The van der Waals surface area contributed by atoms with E-state index in [0.29, 0.717) is 25.6 Å². The van der Waals surface area contributed by atoms with Crippen LogP contribution >= 0.6 is 0 Å². The number of nitrogens with zero attached hydrogens (tertiary/aromatic N) is 3. The Balaban J connectivity index is 1.84. The molecule has 1 aromatic rings. The number of ether oxygens (including phenoxy) is 1. The Labute approximate surface area is 126 Å². The van der Waals surface area contributed by atoms with Crippen molar-refractivity contribution >= 4 is 5.91 Å². The molecule has 1 amide bonds. The Kier molecular flexibility index (Phi) is 5.36. The fraction of sp³-hybridized carbons (Fsp3) is 0.733. The number of nitrogens with one attached hydrogen (secondary N) is 1. The summed E-state index contributed by atoms with van der Waals surface area (Å²) in [6.45, 7) is 9.40. The third-order valence-corrected chi connectivity index (χ3v) is 4.07. The zero-order valence-corrected chi connectivity index (χ0v) is 13.4. The van der Waals surface area contributed by atoms with Crippen LogP contribution in [0.4, 0.5) is 0 Å². The Bertz CT molecular complexity index is 472. The number of hydrogen-bond donors (Lipinski definition) is 1. The summed E-state index contributed by atoms with van der Waals surface area (Å²) in [4.78, 5) is 16.4. The minimum Gasteiger partial charge on any atom is -0.375 e. The van der Waals surface area contributed by atoms with Crippen molar-refractivity contribution in [2.75, 3.05) is 26.7 Å². The van der Waals surface area contributed by atoms with Gasteiger partial charge in [0, 0.05) is 44.0 Å². The van der Waals surface area contributed by atoms with Crippen LogP contribution in [-0.4, -0.2) is 64.8 Å². The van der Waals surface area contributed by atoms with E-state index in [-0.39, 0.29) is 12.0 Å². The minimum atomic E-state index is 0.00143. The molecule has 1 saturated heterocycles. The molecule has 0 unspecified atom stereocenters. The van der Waals surface area contributed by atoms with E-state index in [9.17, 15) is 4.79 Å². The second-order valence-electron chi connectivity index (χ2n) is 6.06. The molecule has 1 atom stereocenters. The van der Waals surface area contributed by atoms with Crippen molar-refractivity contribution < 1.29 is 9.53 Å². The Morgan fingerprint density at radius 2 is 2.38 bits per heavy atom. The third-order valence-electron chi connectivity index (χ3n) is 4.07. The van der Waals surface area contributed by atoms with Crippen molar-refractivity contribution in [1.29, 1.82) is 0 Å². The van der Waals surface area contributed by atoms with E-state index >= 15 is 0 Å². The van der Waals surface area contributed by atoms with Crippen LogP contribution in [0.2, 0.25) is 0 Å². The van der Waals surface area contributed by atoms with Gasteiger partial charge in [0.05, 0.1) is 25.3 Å². The van der Waals surface area contributed by atoms with Crippen LogP contribution in [-0.2, 0) is 16.1 Å². The molecule has 1 aliphatic heterocycles.